The lowest BCUT2D eigenvalue weighted by molar-refractivity contribution is -0.130. The Hall–Kier alpha value is -3.56. The van der Waals surface area contributed by atoms with Crippen molar-refractivity contribution >= 4 is 28.5 Å². The van der Waals surface area contributed by atoms with Crippen LogP contribution < -0.4 is 5.73 Å². The van der Waals surface area contributed by atoms with Gasteiger partial charge in [0.25, 0.3) is 5.91 Å². The van der Waals surface area contributed by atoms with E-state index in [2.05, 4.69) is 10.1 Å². The number of amides is 2. The van der Waals surface area contributed by atoms with Crippen LogP contribution in [0.25, 0.3) is 10.9 Å². The van der Waals surface area contributed by atoms with Gasteiger partial charge < -0.3 is 15.5 Å². The van der Waals surface area contributed by atoms with E-state index in [9.17, 15) is 18.4 Å². The molecule has 0 unspecified atom stereocenters. The van der Waals surface area contributed by atoms with E-state index in [0.29, 0.717) is 37.4 Å². The van der Waals surface area contributed by atoms with E-state index in [0.717, 1.165) is 18.9 Å². The van der Waals surface area contributed by atoms with Crippen molar-refractivity contribution in [1.29, 1.82) is 0 Å². The molecule has 0 spiro atoms. The number of nitrogens with two attached hydrogens (primary N) is 1. The summed E-state index contributed by atoms with van der Waals surface area (Å²) in [5.74, 6) is -1.73. The van der Waals surface area contributed by atoms with Gasteiger partial charge in [-0.3, -0.25) is 14.3 Å². The number of fused-ring (bicyclic) bond motifs is 1. The summed E-state index contributed by atoms with van der Waals surface area (Å²) in [6, 6.07) is 5.11. The zero-order valence-electron chi connectivity index (χ0n) is 17.3. The van der Waals surface area contributed by atoms with E-state index in [1.165, 1.54) is 23.0 Å². The van der Waals surface area contributed by atoms with Gasteiger partial charge in [-0.25, -0.2) is 13.8 Å². The molecule has 0 aliphatic carbocycles. The largest absolute Gasteiger partial charge is 0.384 e. The first-order valence-corrected chi connectivity index (χ1v) is 10.5. The Morgan fingerprint density at radius 3 is 2.56 bits per heavy atom. The number of hydrogen-bond acceptors (Lipinski definition) is 5. The van der Waals surface area contributed by atoms with Gasteiger partial charge in [-0.05, 0) is 25.0 Å². The molecular weight excluding hydrogens is 418 g/mol. The number of carbonyl (C=O) groups excluding carboxylic acids is 2. The highest BCUT2D eigenvalue weighted by molar-refractivity contribution is 5.95. The first-order valence-electron chi connectivity index (χ1n) is 10.5. The quantitative estimate of drug-likeness (QED) is 0.671. The van der Waals surface area contributed by atoms with Gasteiger partial charge in [0.2, 0.25) is 5.91 Å². The number of halogens is 2. The molecule has 2 aliphatic heterocycles. The van der Waals surface area contributed by atoms with Gasteiger partial charge in [0.05, 0.1) is 16.6 Å². The van der Waals surface area contributed by atoms with Gasteiger partial charge in [0.15, 0.2) is 0 Å². The molecule has 3 aromatic rings. The first kappa shape index (κ1) is 20.3. The molecule has 8 nitrogen and oxygen atoms in total. The van der Waals surface area contributed by atoms with Crippen LogP contribution in [0.5, 0.6) is 0 Å². The van der Waals surface area contributed by atoms with Crippen molar-refractivity contribution in [3.63, 3.8) is 0 Å². The Morgan fingerprint density at radius 2 is 1.84 bits per heavy atom. The Morgan fingerprint density at radius 1 is 1.09 bits per heavy atom. The Bertz CT molecular complexity index is 1210. The van der Waals surface area contributed by atoms with E-state index in [4.69, 9.17) is 5.73 Å². The maximum absolute atomic E-state index is 14.8. The number of rotatable bonds is 4. The van der Waals surface area contributed by atoms with Crippen LogP contribution in [0, 0.1) is 11.6 Å². The summed E-state index contributed by atoms with van der Waals surface area (Å²) < 4.78 is 30.1. The van der Waals surface area contributed by atoms with Gasteiger partial charge in [-0.15, -0.1) is 0 Å². The molecule has 1 aromatic carbocycles. The second-order valence-corrected chi connectivity index (χ2v) is 8.29. The van der Waals surface area contributed by atoms with Gasteiger partial charge >= 0.3 is 0 Å². The number of nitrogens with zero attached hydrogens (tertiary/aromatic N) is 5. The van der Waals surface area contributed by atoms with Crippen molar-refractivity contribution in [2.24, 2.45) is 0 Å². The number of pyridine rings is 1. The molecule has 2 aromatic heterocycles. The predicted molar refractivity (Wildman–Crippen MR) is 113 cm³/mol. The highest BCUT2D eigenvalue weighted by Gasteiger charge is 2.36. The molecule has 0 bridgehead atoms. The average molecular weight is 440 g/mol. The van der Waals surface area contributed by atoms with E-state index in [1.807, 2.05) is 0 Å². The lowest BCUT2D eigenvalue weighted by Crippen LogP contribution is -2.48. The number of benzene rings is 1. The summed E-state index contributed by atoms with van der Waals surface area (Å²) in [4.78, 5) is 32.5. The lowest BCUT2D eigenvalue weighted by atomic mass is 9.93. The van der Waals surface area contributed by atoms with Crippen LogP contribution >= 0.6 is 0 Å². The smallest absolute Gasteiger partial charge is 0.254 e. The maximum Gasteiger partial charge on any atom is 0.254 e. The van der Waals surface area contributed by atoms with Crippen molar-refractivity contribution in [3.8, 4) is 0 Å². The molecule has 2 saturated heterocycles. The third kappa shape index (κ3) is 3.55. The van der Waals surface area contributed by atoms with Crippen molar-refractivity contribution < 1.29 is 18.4 Å². The van der Waals surface area contributed by atoms with E-state index in [1.54, 1.807) is 15.9 Å². The SMILES string of the molecule is Nc1cc(C(=O)N2CC(c3nn(CC(=O)N4CCCC4)c4cc(F)cc(F)c34)C2)ccn1. The van der Waals surface area contributed by atoms with E-state index in [-0.39, 0.29) is 41.0 Å². The predicted octanol–water partition coefficient (Wildman–Crippen LogP) is 2.15. The summed E-state index contributed by atoms with van der Waals surface area (Å²) in [5, 5.41) is 4.70. The van der Waals surface area contributed by atoms with Crippen LogP contribution in [0.3, 0.4) is 0 Å². The van der Waals surface area contributed by atoms with Gasteiger partial charge in [0, 0.05) is 56.0 Å². The number of anilines is 1. The van der Waals surface area contributed by atoms with Crippen LogP contribution in [-0.4, -0.2) is 62.6 Å². The molecule has 2 fully saturated rings. The Balaban J connectivity index is 1.41. The van der Waals surface area contributed by atoms with Crippen molar-refractivity contribution in [2.75, 3.05) is 31.9 Å². The van der Waals surface area contributed by atoms with Crippen LogP contribution in [0.4, 0.5) is 14.6 Å². The highest BCUT2D eigenvalue weighted by atomic mass is 19.1. The van der Waals surface area contributed by atoms with Gasteiger partial charge in [0.1, 0.15) is 24.0 Å². The molecule has 2 amide bonds. The molecule has 2 N–H and O–H groups in total. The minimum absolute atomic E-state index is 0.0783. The van der Waals surface area contributed by atoms with Crippen molar-refractivity contribution in [1.82, 2.24) is 24.6 Å². The minimum atomic E-state index is -0.725. The van der Waals surface area contributed by atoms with Gasteiger partial charge in [-0.1, -0.05) is 0 Å². The zero-order chi connectivity index (χ0) is 22.4. The Kier molecular flexibility index (Phi) is 4.99. The summed E-state index contributed by atoms with van der Waals surface area (Å²) in [6.07, 6.45) is 3.38. The van der Waals surface area contributed by atoms with Crippen LogP contribution in [0.15, 0.2) is 30.5 Å². The average Bonchev–Trinajstić information content (AvgIpc) is 3.36. The summed E-state index contributed by atoms with van der Waals surface area (Å²) >= 11 is 0. The molecule has 0 radical (unpaired) electrons. The summed E-state index contributed by atoms with van der Waals surface area (Å²) in [6.45, 7) is 1.97. The maximum atomic E-state index is 14.8. The normalized spacial score (nSPS) is 16.6. The zero-order valence-corrected chi connectivity index (χ0v) is 17.3. The fourth-order valence-electron chi connectivity index (χ4n) is 4.43. The molecule has 10 heteroatoms. The third-order valence-corrected chi connectivity index (χ3v) is 6.12. The van der Waals surface area contributed by atoms with Crippen LogP contribution in [0.2, 0.25) is 0 Å². The number of nitrogen functional groups attached to an aromatic ring is 1. The molecule has 32 heavy (non-hydrogen) atoms. The van der Waals surface area contributed by atoms with E-state index >= 15 is 0 Å². The lowest BCUT2D eigenvalue weighted by Gasteiger charge is -2.38. The second-order valence-electron chi connectivity index (χ2n) is 8.29. The number of carbonyl (C=O) groups is 2. The number of likely N-dealkylation sites (tertiary alicyclic amines) is 2. The number of aromatic nitrogens is 3. The minimum Gasteiger partial charge on any atom is -0.384 e. The molecule has 0 atom stereocenters. The summed E-state index contributed by atoms with van der Waals surface area (Å²) in [7, 11) is 0. The molecule has 5 rings (SSSR count). The molecule has 4 heterocycles. The highest BCUT2D eigenvalue weighted by Crippen LogP contribution is 2.34. The molecule has 166 valence electrons. The Labute approximate surface area is 182 Å². The standard InChI is InChI=1S/C22H22F2N6O2/c23-15-8-16(24)20-17(9-15)30(12-19(31)28-5-1-2-6-28)27-21(20)14-10-29(11-14)22(32)13-3-4-26-18(25)7-13/h3-4,7-9,14H,1-2,5-6,10-12H2,(H2,25,26). The topological polar surface area (TPSA) is 97.3 Å². The van der Waals surface area contributed by atoms with Crippen molar-refractivity contribution in [2.45, 2.75) is 25.3 Å². The van der Waals surface area contributed by atoms with E-state index < -0.39 is 11.6 Å². The molecule has 0 saturated carbocycles. The summed E-state index contributed by atoms with van der Waals surface area (Å²) in [5.41, 5.74) is 6.76. The fourth-order valence-corrected chi connectivity index (χ4v) is 4.43. The monoisotopic (exact) mass is 440 g/mol. The van der Waals surface area contributed by atoms with Gasteiger partial charge in [-0.2, -0.15) is 5.10 Å². The van der Waals surface area contributed by atoms with Crippen LogP contribution in [0.1, 0.15) is 34.8 Å². The van der Waals surface area contributed by atoms with Crippen LogP contribution in [-0.2, 0) is 11.3 Å². The second kappa shape index (κ2) is 7.85. The molecule has 2 aliphatic rings. The number of hydrogen-bond donors (Lipinski definition) is 1. The first-order chi connectivity index (χ1) is 15.4. The molecular formula is C22H22F2N6O2. The fraction of sp³-hybridized carbons (Fsp3) is 0.364. The third-order valence-electron chi connectivity index (χ3n) is 6.12. The van der Waals surface area contributed by atoms with Crippen molar-refractivity contribution in [3.05, 3.63) is 53.4 Å².